The Morgan fingerprint density at radius 2 is 0.619 bits per heavy atom. The number of carbonyl (C=O) groups excluding carboxylic acids is 10. The molecule has 5 aliphatic rings. The first-order valence-corrected chi connectivity index (χ1v) is 46.3. The number of anilines is 1. The maximum absolute atomic E-state index is 14.4. The fraction of sp³-hybridized carbons (Fsp3) is 0.316. The number of alkyl halides is 6. The third-order valence-electron chi connectivity index (χ3n) is 27.9. The number of halogens is 6. The molecule has 0 bridgehead atoms. The smallest absolute Gasteiger partial charge is 0.352 e. The van der Waals surface area contributed by atoms with Crippen molar-refractivity contribution in [3.05, 3.63) is 394 Å². The molecule has 4 heterocycles. The minimum Gasteiger partial charge on any atom is -0.352 e. The molecular weight excluding hydrogens is 1760 g/mol. The summed E-state index contributed by atoms with van der Waals surface area (Å²) >= 11 is 0. The zero-order valence-corrected chi connectivity index (χ0v) is 85.0. The number of hydrogen-bond acceptors (Lipinski definition) is 10. The Hall–Kier alpha value is -14.0. The van der Waals surface area contributed by atoms with Gasteiger partial charge in [0.25, 0.3) is 59.1 Å². The normalized spacial score (nSPS) is 13.5. The number of carbonyl (C=O) groups is 10. The van der Waals surface area contributed by atoms with Crippen LogP contribution in [-0.4, -0.2) is 126 Å². The van der Waals surface area contributed by atoms with Crippen molar-refractivity contribution < 1.29 is 74.3 Å². The Balaban J connectivity index is 0.000000185. The lowest BCUT2D eigenvalue weighted by molar-refractivity contribution is -0.173. The van der Waals surface area contributed by atoms with Crippen LogP contribution in [0.25, 0.3) is 6.08 Å². The molecule has 0 radical (unpaired) electrons. The molecule has 1 aliphatic carbocycles. The molecule has 0 fully saturated rings. The molecule has 0 atom stereocenters. The zero-order valence-electron chi connectivity index (χ0n) is 85.0. The molecule has 16 nitrogen and oxygen atoms in total. The summed E-state index contributed by atoms with van der Waals surface area (Å²) in [7, 11) is 5.03. The number of fused-ring (bicyclic) bond motifs is 4. The van der Waals surface area contributed by atoms with Gasteiger partial charge < -0.3 is 10.6 Å². The van der Waals surface area contributed by atoms with Gasteiger partial charge in [0.1, 0.15) is 10.8 Å². The summed E-state index contributed by atoms with van der Waals surface area (Å²) in [5.41, 5.74) is 27.0. The highest BCUT2D eigenvalue weighted by Gasteiger charge is 2.56. The highest BCUT2D eigenvalue weighted by molar-refractivity contribution is 6.24. The van der Waals surface area contributed by atoms with Crippen molar-refractivity contribution in [3.63, 3.8) is 0 Å². The predicted octanol–water partition coefficient (Wildman–Crippen LogP) is 26.1. The minimum atomic E-state index is -4.80. The number of nitrogens with zero attached hydrogens (tertiary/aromatic N) is 4. The van der Waals surface area contributed by atoms with Gasteiger partial charge in [0, 0.05) is 51.5 Å². The molecular formula is C117H128F6N6O10. The molecule has 0 aromatic heterocycles. The molecule has 728 valence electrons. The SMILES string of the molecule is C=Cc1ccc(NC(=O)c2cc(C)cc(C)c2)cc1.CN1C(=O)c2ccc(C(C)(c3ccc4c(c3)C(=O)N(C)C4=O)C(F)(F)F)cc2C1=O.CN1C(=O)c2ccc(C(C)(c3ccc4c(c3)C(=O)N(C)C4=O)C(F)(F)F)cc2C1=O.Cc1c(C)c(C)c(C)c(C)c1C.Cc1c(C)c(C)c(C)c(C)c1C.Cc1cc(C)cc(C(=O)NCCC2=CCCCC2)c1.Cc1ccc(C)c(C)c1.Cc1cccc(C)c1. The number of amides is 10. The van der Waals surface area contributed by atoms with Gasteiger partial charge in [-0.05, 0) is 382 Å². The van der Waals surface area contributed by atoms with Crippen LogP contribution >= 0.6 is 0 Å². The molecule has 139 heavy (non-hydrogen) atoms. The van der Waals surface area contributed by atoms with Crippen LogP contribution in [-0.2, 0) is 10.8 Å². The lowest BCUT2D eigenvalue weighted by Gasteiger charge is -2.33. The fourth-order valence-corrected chi connectivity index (χ4v) is 17.4. The van der Waals surface area contributed by atoms with E-state index in [-0.39, 0.29) is 78.6 Å². The van der Waals surface area contributed by atoms with Gasteiger partial charge in [-0.15, -0.1) is 0 Å². The third kappa shape index (κ3) is 24.0. The van der Waals surface area contributed by atoms with Crippen molar-refractivity contribution in [3.8, 4) is 0 Å². The molecule has 2 N–H and O–H groups in total. The molecule has 22 heteroatoms. The van der Waals surface area contributed by atoms with E-state index in [2.05, 4.69) is 196 Å². The van der Waals surface area contributed by atoms with Crippen LogP contribution in [0.5, 0.6) is 0 Å². The van der Waals surface area contributed by atoms with Gasteiger partial charge in [0.05, 0.1) is 44.5 Å². The number of benzene rings is 11. The van der Waals surface area contributed by atoms with Crippen LogP contribution in [0.2, 0.25) is 0 Å². The van der Waals surface area contributed by atoms with Gasteiger partial charge in [-0.2, -0.15) is 26.3 Å². The van der Waals surface area contributed by atoms with E-state index in [1.807, 2.05) is 76.2 Å². The molecule has 0 spiro atoms. The third-order valence-corrected chi connectivity index (χ3v) is 27.9. The number of imide groups is 4. The number of allylic oxidation sites excluding steroid dienone is 1. The number of hydrogen-bond donors (Lipinski definition) is 2. The largest absolute Gasteiger partial charge is 0.402 e. The fourth-order valence-electron chi connectivity index (χ4n) is 17.4. The summed E-state index contributed by atoms with van der Waals surface area (Å²) in [6.45, 7) is 51.5. The quantitative estimate of drug-likeness (QED) is 0.0711. The molecule has 10 amide bonds. The molecule has 16 rings (SSSR count). The van der Waals surface area contributed by atoms with Crippen LogP contribution in [0.1, 0.15) is 294 Å². The first kappa shape index (κ1) is 109. The summed E-state index contributed by atoms with van der Waals surface area (Å²) < 4.78 is 86.1. The maximum Gasteiger partial charge on any atom is 0.402 e. The highest BCUT2D eigenvalue weighted by Crippen LogP contribution is 2.50. The Kier molecular flexibility index (Phi) is 34.9. The Labute approximate surface area is 814 Å². The van der Waals surface area contributed by atoms with E-state index in [9.17, 15) is 74.3 Å². The van der Waals surface area contributed by atoms with Crippen molar-refractivity contribution in [2.24, 2.45) is 0 Å². The summed E-state index contributed by atoms with van der Waals surface area (Å²) in [5.74, 6) is -5.10. The summed E-state index contributed by atoms with van der Waals surface area (Å²) in [6, 6.07) is 48.1. The molecule has 4 aliphatic heterocycles. The summed E-state index contributed by atoms with van der Waals surface area (Å²) in [4.78, 5) is 125. The van der Waals surface area contributed by atoms with E-state index in [0.717, 1.165) is 134 Å². The Bertz CT molecular complexity index is 6050. The Morgan fingerprint density at radius 3 is 0.878 bits per heavy atom. The lowest BCUT2D eigenvalue weighted by Crippen LogP contribution is -2.41. The molecule has 0 saturated heterocycles. The van der Waals surface area contributed by atoms with E-state index in [1.165, 1.54) is 178 Å². The average Bonchev–Trinajstić information content (AvgIpc) is 1.68. The molecule has 11 aromatic carbocycles. The standard InChI is InChI=1S/2C21H15F3N2O4.C17H23NO.C17H17NO.2C12H18.C9H12.C8H10/c2*1-20(21(22,23)24,10-4-6-12-14(8-10)18(29)25(2)16(12)27)11-5-7-13-15(9-11)19(30)26(3)17(13)28;1-13-10-14(2)12-16(11-13)17(19)18-9-8-15-6-4-3-5-7-15;1-4-14-5-7-16(8-6-14)18-17(19)15-10-12(2)9-13(3)11-15;2*1-7-8(2)10(4)12(6)11(5)9(7)3;1-7-4-5-8(2)9(3)6-7;1-7-4-3-5-8(2)6-7/h2*4-9H,1-3H3;6,10-12H,3-5,7-9H2,1-2H3,(H,18,19);4-11H,1H2,2-3H3,(H,18,19);2*1-6H3;4-6H,1-3H3;3-6H,1-2H3. The second kappa shape index (κ2) is 44.6. The van der Waals surface area contributed by atoms with Crippen LogP contribution in [0.3, 0.4) is 0 Å². The van der Waals surface area contributed by atoms with Crippen LogP contribution in [0.15, 0.2) is 194 Å². The van der Waals surface area contributed by atoms with E-state index in [4.69, 9.17) is 0 Å². The highest BCUT2D eigenvalue weighted by atomic mass is 19.4. The minimum absolute atomic E-state index is 0.0344. The predicted molar refractivity (Wildman–Crippen MR) is 543 cm³/mol. The zero-order chi connectivity index (χ0) is 104. The van der Waals surface area contributed by atoms with Gasteiger partial charge >= 0.3 is 12.4 Å². The first-order chi connectivity index (χ1) is 64.9. The number of aryl methyl sites for hydroxylation is 9. The maximum atomic E-state index is 14.4. The number of rotatable bonds is 11. The van der Waals surface area contributed by atoms with Crippen LogP contribution in [0, 0.1) is 145 Å². The van der Waals surface area contributed by atoms with Crippen molar-refractivity contribution in [2.75, 3.05) is 40.1 Å². The number of nitrogens with one attached hydrogen (secondary N) is 2. The van der Waals surface area contributed by atoms with Gasteiger partial charge in [-0.3, -0.25) is 67.5 Å². The van der Waals surface area contributed by atoms with Gasteiger partial charge in [-0.1, -0.05) is 154 Å². The van der Waals surface area contributed by atoms with Crippen molar-refractivity contribution in [1.82, 2.24) is 24.9 Å². The monoisotopic (exact) mass is 1890 g/mol. The lowest BCUT2D eigenvalue weighted by atomic mass is 9.74. The topological polar surface area (TPSA) is 208 Å². The van der Waals surface area contributed by atoms with E-state index >= 15 is 0 Å². The molecule has 11 aromatic rings. The van der Waals surface area contributed by atoms with E-state index in [1.54, 1.807) is 6.08 Å². The van der Waals surface area contributed by atoms with Crippen molar-refractivity contribution in [2.45, 2.75) is 215 Å². The summed E-state index contributed by atoms with van der Waals surface area (Å²) in [5, 5.41) is 5.91. The second-order valence-electron chi connectivity index (χ2n) is 37.4. The second-order valence-corrected chi connectivity index (χ2v) is 37.4. The van der Waals surface area contributed by atoms with Crippen LogP contribution < -0.4 is 10.6 Å². The van der Waals surface area contributed by atoms with Crippen molar-refractivity contribution in [1.29, 1.82) is 0 Å². The average molecular weight is 1890 g/mol. The van der Waals surface area contributed by atoms with Gasteiger partial charge in [0.15, 0.2) is 0 Å². The van der Waals surface area contributed by atoms with Gasteiger partial charge in [0.2, 0.25) is 0 Å². The molecule has 0 unspecified atom stereocenters. The first-order valence-electron chi connectivity index (χ1n) is 46.3. The van der Waals surface area contributed by atoms with Crippen molar-refractivity contribution >= 4 is 70.8 Å². The van der Waals surface area contributed by atoms with E-state index < -0.39 is 70.4 Å². The Morgan fingerprint density at radius 1 is 0.331 bits per heavy atom. The molecule has 0 saturated carbocycles. The summed E-state index contributed by atoms with van der Waals surface area (Å²) in [6.07, 6.45) is 0.544. The van der Waals surface area contributed by atoms with Gasteiger partial charge in [-0.25, -0.2) is 0 Å². The van der Waals surface area contributed by atoms with E-state index in [0.29, 0.717) is 5.56 Å². The van der Waals surface area contributed by atoms with Crippen LogP contribution in [0.4, 0.5) is 32.0 Å².